The third-order valence-electron chi connectivity index (χ3n) is 6.88. The van der Waals surface area contributed by atoms with E-state index in [4.69, 9.17) is 14.5 Å². The van der Waals surface area contributed by atoms with Crippen LogP contribution in [-0.4, -0.2) is 40.3 Å². The topological polar surface area (TPSA) is 65.7 Å². The molecule has 2 aliphatic heterocycles. The van der Waals surface area contributed by atoms with Crippen LogP contribution >= 0.6 is 0 Å². The zero-order valence-electron chi connectivity index (χ0n) is 18.8. The van der Waals surface area contributed by atoms with Gasteiger partial charge in [0.15, 0.2) is 5.82 Å². The average Bonchev–Trinajstić information content (AvgIpc) is 3.30. The molecule has 8 heteroatoms. The van der Waals surface area contributed by atoms with Crippen LogP contribution in [0, 0.1) is 31.4 Å². The number of benzene rings is 1. The molecule has 0 N–H and O–H groups in total. The number of nitrogens with zero attached hydrogens (tertiary/aromatic N) is 3. The Morgan fingerprint density at radius 2 is 1.97 bits per heavy atom. The van der Waals surface area contributed by atoms with Crippen LogP contribution in [0.5, 0.6) is 0 Å². The zero-order valence-corrected chi connectivity index (χ0v) is 18.8. The normalized spacial score (nSPS) is 23.3. The van der Waals surface area contributed by atoms with Crippen molar-refractivity contribution in [3.63, 3.8) is 0 Å². The highest BCUT2D eigenvalue weighted by atomic mass is 19.1. The van der Waals surface area contributed by atoms with Crippen molar-refractivity contribution < 1.29 is 18.3 Å². The lowest BCUT2D eigenvalue weighted by molar-refractivity contribution is -0.00859. The molecule has 0 amide bonds. The highest BCUT2D eigenvalue weighted by Gasteiger charge is 2.30. The number of hydrogen-bond acceptors (Lipinski definition) is 5. The molecule has 0 radical (unpaired) electrons. The second kappa shape index (κ2) is 8.91. The van der Waals surface area contributed by atoms with E-state index in [1.54, 1.807) is 13.8 Å². The highest BCUT2D eigenvalue weighted by molar-refractivity contribution is 5.61. The summed E-state index contributed by atoms with van der Waals surface area (Å²) in [4.78, 5) is 22.5. The molecule has 2 aliphatic rings. The fourth-order valence-corrected chi connectivity index (χ4v) is 4.89. The van der Waals surface area contributed by atoms with Crippen LogP contribution in [0.2, 0.25) is 0 Å². The van der Waals surface area contributed by atoms with Gasteiger partial charge in [0.2, 0.25) is 0 Å². The van der Waals surface area contributed by atoms with Gasteiger partial charge in [-0.15, -0.1) is 0 Å². The van der Waals surface area contributed by atoms with Gasteiger partial charge in [-0.25, -0.2) is 23.1 Å². The first kappa shape index (κ1) is 22.1. The van der Waals surface area contributed by atoms with Crippen molar-refractivity contribution in [1.29, 1.82) is 0 Å². The molecule has 4 heterocycles. The van der Waals surface area contributed by atoms with E-state index in [9.17, 15) is 13.6 Å². The molecule has 3 atom stereocenters. The Kier molecular flexibility index (Phi) is 5.97. The number of ether oxygens (including phenoxy) is 2. The van der Waals surface area contributed by atoms with Crippen molar-refractivity contribution in [2.24, 2.45) is 5.92 Å². The molecule has 2 aromatic heterocycles. The van der Waals surface area contributed by atoms with Crippen LogP contribution < -0.4 is 5.56 Å². The molecule has 174 valence electrons. The molecule has 0 aliphatic carbocycles. The molecule has 0 bridgehead atoms. The van der Waals surface area contributed by atoms with E-state index in [0.717, 1.165) is 50.7 Å². The number of halogens is 2. The lowest BCUT2D eigenvalue weighted by Gasteiger charge is -2.31. The lowest BCUT2D eigenvalue weighted by atomic mass is 9.88. The number of hydrogen-bond donors (Lipinski definition) is 0. The summed E-state index contributed by atoms with van der Waals surface area (Å²) in [6.45, 7) is 5.66. The predicted octanol–water partition coefficient (Wildman–Crippen LogP) is 4.34. The number of fused-ring (bicyclic) bond motifs is 1. The predicted molar refractivity (Wildman–Crippen MR) is 119 cm³/mol. The summed E-state index contributed by atoms with van der Waals surface area (Å²) >= 11 is 0. The second-order valence-electron chi connectivity index (χ2n) is 9.13. The molecular weight excluding hydrogens is 428 g/mol. The molecule has 0 spiro atoms. The molecule has 2 saturated heterocycles. The summed E-state index contributed by atoms with van der Waals surface area (Å²) in [6.07, 6.45) is 3.67. The maximum absolute atomic E-state index is 14.8. The fraction of sp³-hybridized carbons (Fsp3) is 0.480. The van der Waals surface area contributed by atoms with Gasteiger partial charge in [0.25, 0.3) is 5.56 Å². The van der Waals surface area contributed by atoms with Crippen LogP contribution in [0.4, 0.5) is 8.78 Å². The van der Waals surface area contributed by atoms with E-state index in [-0.39, 0.29) is 29.0 Å². The van der Waals surface area contributed by atoms with Crippen LogP contribution in [0.25, 0.3) is 17.0 Å². The van der Waals surface area contributed by atoms with Crippen molar-refractivity contribution in [3.05, 3.63) is 63.2 Å². The van der Waals surface area contributed by atoms with E-state index < -0.39 is 11.6 Å². The Labute approximate surface area is 190 Å². The Balaban J connectivity index is 1.59. The fourth-order valence-electron chi connectivity index (χ4n) is 4.89. The molecule has 0 saturated carbocycles. The van der Waals surface area contributed by atoms with Gasteiger partial charge < -0.3 is 9.47 Å². The maximum atomic E-state index is 14.8. The molecule has 6 nitrogen and oxygen atoms in total. The third kappa shape index (κ3) is 4.29. The number of aromatic nitrogens is 3. The minimum atomic E-state index is -0.767. The Morgan fingerprint density at radius 3 is 2.73 bits per heavy atom. The Hall–Kier alpha value is -2.71. The number of aryl methyl sites for hydroxylation is 1. The van der Waals surface area contributed by atoms with E-state index in [0.29, 0.717) is 29.4 Å². The van der Waals surface area contributed by atoms with Crippen LogP contribution in [0.3, 0.4) is 0 Å². The summed E-state index contributed by atoms with van der Waals surface area (Å²) in [5.74, 6) is -0.702. The van der Waals surface area contributed by atoms with Gasteiger partial charge in [-0.1, -0.05) is 0 Å². The van der Waals surface area contributed by atoms with E-state index in [1.165, 1.54) is 16.5 Å². The van der Waals surface area contributed by atoms with Crippen molar-refractivity contribution in [2.75, 3.05) is 19.8 Å². The molecule has 3 aromatic rings. The molecule has 1 unspecified atom stereocenters. The van der Waals surface area contributed by atoms with E-state index in [2.05, 4.69) is 4.98 Å². The SMILES string of the molecule is Cc1nc2cc(C3CCO[C@@H](C[C@@H]4CCOC4)C3)nc(-c3ccc(F)cc3F)n2c(=O)c1C. The molecular formula is C25H27F2N3O3. The second-order valence-corrected chi connectivity index (χ2v) is 9.13. The minimum Gasteiger partial charge on any atom is -0.381 e. The average molecular weight is 456 g/mol. The smallest absolute Gasteiger partial charge is 0.262 e. The van der Waals surface area contributed by atoms with E-state index in [1.807, 2.05) is 6.07 Å². The Morgan fingerprint density at radius 1 is 1.12 bits per heavy atom. The van der Waals surface area contributed by atoms with E-state index >= 15 is 0 Å². The number of rotatable bonds is 4. The summed E-state index contributed by atoms with van der Waals surface area (Å²) < 4.78 is 41.2. The lowest BCUT2D eigenvalue weighted by Crippen LogP contribution is -2.28. The monoisotopic (exact) mass is 455 g/mol. The quantitative estimate of drug-likeness (QED) is 0.586. The molecule has 2 fully saturated rings. The van der Waals surface area contributed by atoms with Crippen molar-refractivity contribution in [3.8, 4) is 11.4 Å². The molecule has 33 heavy (non-hydrogen) atoms. The minimum absolute atomic E-state index is 0.0714. The Bertz CT molecular complexity index is 1250. The zero-order chi connectivity index (χ0) is 23.1. The standard InChI is InChI=1S/C25H27F2N3O3/c1-14-15(2)28-23-12-22(17-6-8-33-19(10-17)9-16-5-7-32-13-16)29-24(30(23)25(14)31)20-4-3-18(26)11-21(20)27/h3-4,11-12,16-17,19H,5-10,13H2,1-2H3/t16-,17?,19-/m0/s1. The van der Waals surface area contributed by atoms with Gasteiger partial charge in [-0.05, 0) is 57.6 Å². The summed E-state index contributed by atoms with van der Waals surface area (Å²) in [5, 5.41) is 0. The first-order valence-corrected chi connectivity index (χ1v) is 11.5. The maximum Gasteiger partial charge on any atom is 0.262 e. The first-order valence-electron chi connectivity index (χ1n) is 11.5. The third-order valence-corrected chi connectivity index (χ3v) is 6.88. The van der Waals surface area contributed by atoms with Crippen LogP contribution in [0.15, 0.2) is 29.1 Å². The van der Waals surface area contributed by atoms with Gasteiger partial charge in [0, 0.05) is 54.8 Å². The van der Waals surface area contributed by atoms with Crippen LogP contribution in [-0.2, 0) is 9.47 Å². The summed E-state index contributed by atoms with van der Waals surface area (Å²) in [6, 6.07) is 5.13. The van der Waals surface area contributed by atoms with Gasteiger partial charge in [0.1, 0.15) is 17.3 Å². The molecule has 1 aromatic carbocycles. The van der Waals surface area contributed by atoms with Gasteiger partial charge in [-0.2, -0.15) is 0 Å². The summed E-state index contributed by atoms with van der Waals surface area (Å²) in [7, 11) is 0. The van der Waals surface area contributed by atoms with Crippen molar-refractivity contribution >= 4 is 5.65 Å². The van der Waals surface area contributed by atoms with Gasteiger partial charge in [-0.3, -0.25) is 4.79 Å². The van der Waals surface area contributed by atoms with Gasteiger partial charge in [0.05, 0.1) is 11.7 Å². The van der Waals surface area contributed by atoms with Gasteiger partial charge >= 0.3 is 0 Å². The first-order chi connectivity index (χ1) is 15.9. The van der Waals surface area contributed by atoms with Crippen molar-refractivity contribution in [2.45, 2.75) is 51.6 Å². The largest absolute Gasteiger partial charge is 0.381 e. The highest BCUT2D eigenvalue weighted by Crippen LogP contribution is 2.34. The van der Waals surface area contributed by atoms with Crippen LogP contribution in [0.1, 0.15) is 48.6 Å². The van der Waals surface area contributed by atoms with Crippen molar-refractivity contribution in [1.82, 2.24) is 14.4 Å². The summed E-state index contributed by atoms with van der Waals surface area (Å²) in [5.41, 5.74) is 2.02. The molecule has 5 rings (SSSR count).